The molecule has 0 saturated carbocycles. The molecule has 2 heterocycles. The molecule has 2 N–H and O–H groups in total. The summed E-state index contributed by atoms with van der Waals surface area (Å²) in [5.41, 5.74) is 4.63. The number of fused-ring (bicyclic) bond motifs is 5. The standard InChI is InChI=1S/C18H15Cl2NO4/c1-7-3-8(2)13-12(4-7)24-16-15(13)14-10(20)5-9(19)6-11(14)21-17(16)25-18(22)23/h3-6,15-17,21H,1-2H3,(H,22,23). The summed E-state index contributed by atoms with van der Waals surface area (Å²) < 4.78 is 11.1. The average Bonchev–Trinajstić information content (AvgIpc) is 2.85. The van der Waals surface area contributed by atoms with Crippen molar-refractivity contribution in [2.24, 2.45) is 0 Å². The molecule has 0 bridgehead atoms. The van der Waals surface area contributed by atoms with Gasteiger partial charge in [0.2, 0.25) is 6.23 Å². The second kappa shape index (κ2) is 5.71. The number of benzene rings is 2. The molecule has 0 radical (unpaired) electrons. The van der Waals surface area contributed by atoms with E-state index in [0.717, 1.165) is 28.0 Å². The third kappa shape index (κ3) is 2.58. The number of rotatable bonds is 1. The van der Waals surface area contributed by atoms with E-state index in [4.69, 9.17) is 37.8 Å². The van der Waals surface area contributed by atoms with Gasteiger partial charge in [0.1, 0.15) is 5.75 Å². The van der Waals surface area contributed by atoms with Crippen molar-refractivity contribution in [2.75, 3.05) is 5.32 Å². The molecule has 2 aliphatic rings. The largest absolute Gasteiger partial charge is 0.507 e. The fraction of sp³-hybridized carbons (Fsp3) is 0.278. The summed E-state index contributed by atoms with van der Waals surface area (Å²) in [4.78, 5) is 11.1. The molecule has 0 amide bonds. The monoisotopic (exact) mass is 379 g/mol. The highest BCUT2D eigenvalue weighted by Crippen LogP contribution is 2.52. The summed E-state index contributed by atoms with van der Waals surface area (Å²) in [5.74, 6) is 0.494. The zero-order valence-corrected chi connectivity index (χ0v) is 15.0. The number of carbonyl (C=O) groups is 1. The number of aryl methyl sites for hydroxylation is 2. The molecule has 2 aromatic rings. The van der Waals surface area contributed by atoms with E-state index < -0.39 is 18.5 Å². The molecular formula is C18H15Cl2NO4. The molecule has 0 saturated heterocycles. The van der Waals surface area contributed by atoms with Crippen LogP contribution in [-0.2, 0) is 4.74 Å². The number of ether oxygens (including phenoxy) is 2. The van der Waals surface area contributed by atoms with Crippen LogP contribution in [0.5, 0.6) is 5.75 Å². The molecule has 0 spiro atoms. The summed E-state index contributed by atoms with van der Waals surface area (Å²) in [6.07, 6.45) is -2.78. The lowest BCUT2D eigenvalue weighted by atomic mass is 9.81. The Labute approximate surface area is 154 Å². The van der Waals surface area contributed by atoms with Gasteiger partial charge >= 0.3 is 6.16 Å². The lowest BCUT2D eigenvalue weighted by Gasteiger charge is -2.35. The van der Waals surface area contributed by atoms with Crippen LogP contribution in [0.25, 0.3) is 0 Å². The molecule has 3 atom stereocenters. The fourth-order valence-corrected chi connectivity index (χ4v) is 4.43. The number of anilines is 1. The smallest absolute Gasteiger partial charge is 0.483 e. The molecule has 130 valence electrons. The molecule has 2 aliphatic heterocycles. The van der Waals surface area contributed by atoms with Crippen molar-refractivity contribution in [3.63, 3.8) is 0 Å². The maximum atomic E-state index is 11.1. The van der Waals surface area contributed by atoms with Crippen LogP contribution in [0.3, 0.4) is 0 Å². The molecule has 0 fully saturated rings. The van der Waals surface area contributed by atoms with Gasteiger partial charge in [0.15, 0.2) is 6.10 Å². The molecule has 2 aromatic carbocycles. The predicted molar refractivity (Wildman–Crippen MR) is 95.2 cm³/mol. The van der Waals surface area contributed by atoms with Crippen LogP contribution in [-0.4, -0.2) is 23.6 Å². The second-order valence-electron chi connectivity index (χ2n) is 6.35. The predicted octanol–water partition coefficient (Wildman–Crippen LogP) is 4.95. The summed E-state index contributed by atoms with van der Waals surface area (Å²) in [6, 6.07) is 7.42. The van der Waals surface area contributed by atoms with E-state index in [1.807, 2.05) is 19.9 Å². The van der Waals surface area contributed by atoms with Crippen molar-refractivity contribution >= 4 is 35.0 Å². The minimum absolute atomic E-state index is 0.235. The SMILES string of the molecule is Cc1cc(C)c2c(c1)OC1C(OC(=O)O)Nc3cc(Cl)cc(Cl)c3C21. The van der Waals surface area contributed by atoms with E-state index >= 15 is 0 Å². The van der Waals surface area contributed by atoms with Gasteiger partial charge in [0.05, 0.1) is 5.92 Å². The molecule has 0 aromatic heterocycles. The summed E-state index contributed by atoms with van der Waals surface area (Å²) in [5, 5.41) is 13.1. The van der Waals surface area contributed by atoms with Crippen LogP contribution in [0, 0.1) is 13.8 Å². The maximum absolute atomic E-state index is 11.1. The Bertz CT molecular complexity index is 899. The minimum atomic E-state index is -1.37. The lowest BCUT2D eigenvalue weighted by Crippen LogP contribution is -2.46. The van der Waals surface area contributed by atoms with E-state index in [0.29, 0.717) is 15.7 Å². The molecular weight excluding hydrogens is 365 g/mol. The molecule has 3 unspecified atom stereocenters. The van der Waals surface area contributed by atoms with Gasteiger partial charge in [0.25, 0.3) is 0 Å². The summed E-state index contributed by atoms with van der Waals surface area (Å²) in [7, 11) is 0. The Kier molecular flexibility index (Phi) is 3.74. The normalized spacial score (nSPS) is 23.0. The zero-order chi connectivity index (χ0) is 17.9. The van der Waals surface area contributed by atoms with Crippen molar-refractivity contribution in [3.8, 4) is 5.75 Å². The van der Waals surface area contributed by atoms with Gasteiger partial charge in [0, 0.05) is 26.9 Å². The molecule has 0 aliphatic carbocycles. The number of halogens is 2. The Hall–Kier alpha value is -2.11. The first kappa shape index (κ1) is 16.4. The van der Waals surface area contributed by atoms with E-state index in [1.165, 1.54) is 0 Å². The lowest BCUT2D eigenvalue weighted by molar-refractivity contribution is 0.00572. The number of hydrogen-bond acceptors (Lipinski definition) is 4. The number of carboxylic acid groups (broad SMARTS) is 1. The third-order valence-electron chi connectivity index (χ3n) is 4.63. The molecule has 5 nitrogen and oxygen atoms in total. The fourth-order valence-electron chi connectivity index (χ4n) is 3.82. The van der Waals surface area contributed by atoms with Crippen molar-refractivity contribution in [3.05, 3.63) is 56.6 Å². The van der Waals surface area contributed by atoms with Gasteiger partial charge in [-0.1, -0.05) is 29.3 Å². The molecule has 4 rings (SSSR count). The van der Waals surface area contributed by atoms with Crippen LogP contribution in [0.4, 0.5) is 10.5 Å². The Balaban J connectivity index is 1.93. The quantitative estimate of drug-likeness (QED) is 0.686. The first-order valence-electron chi connectivity index (χ1n) is 7.78. The maximum Gasteiger partial charge on any atom is 0.507 e. The number of hydrogen-bond donors (Lipinski definition) is 2. The highest BCUT2D eigenvalue weighted by Gasteiger charge is 2.48. The van der Waals surface area contributed by atoms with Crippen LogP contribution in [0.2, 0.25) is 10.0 Å². The van der Waals surface area contributed by atoms with Gasteiger partial charge in [-0.2, -0.15) is 0 Å². The van der Waals surface area contributed by atoms with Crippen LogP contribution in [0.1, 0.15) is 28.2 Å². The van der Waals surface area contributed by atoms with Gasteiger partial charge < -0.3 is 19.9 Å². The van der Waals surface area contributed by atoms with E-state index in [1.54, 1.807) is 12.1 Å². The Morgan fingerprint density at radius 3 is 2.68 bits per heavy atom. The first-order chi connectivity index (χ1) is 11.8. The first-order valence-corrected chi connectivity index (χ1v) is 8.53. The highest BCUT2D eigenvalue weighted by molar-refractivity contribution is 6.35. The van der Waals surface area contributed by atoms with Gasteiger partial charge in [-0.25, -0.2) is 4.79 Å². The Morgan fingerprint density at radius 2 is 1.96 bits per heavy atom. The van der Waals surface area contributed by atoms with E-state index in [2.05, 4.69) is 11.4 Å². The third-order valence-corrected chi connectivity index (χ3v) is 5.16. The van der Waals surface area contributed by atoms with Crippen LogP contribution in [0.15, 0.2) is 24.3 Å². The van der Waals surface area contributed by atoms with Gasteiger partial charge in [-0.05, 0) is 43.2 Å². The van der Waals surface area contributed by atoms with Crippen molar-refractivity contribution < 1.29 is 19.4 Å². The summed E-state index contributed by atoms with van der Waals surface area (Å²) in [6.45, 7) is 4.00. The minimum Gasteiger partial charge on any atom is -0.483 e. The van der Waals surface area contributed by atoms with Crippen molar-refractivity contribution in [2.45, 2.75) is 32.1 Å². The zero-order valence-electron chi connectivity index (χ0n) is 13.5. The molecule has 7 heteroatoms. The van der Waals surface area contributed by atoms with E-state index in [-0.39, 0.29) is 5.92 Å². The van der Waals surface area contributed by atoms with Gasteiger partial charge in [-0.3, -0.25) is 0 Å². The topological polar surface area (TPSA) is 67.8 Å². The Morgan fingerprint density at radius 1 is 1.20 bits per heavy atom. The van der Waals surface area contributed by atoms with Crippen LogP contribution >= 0.6 is 23.2 Å². The van der Waals surface area contributed by atoms with Crippen molar-refractivity contribution in [1.29, 1.82) is 0 Å². The average molecular weight is 380 g/mol. The van der Waals surface area contributed by atoms with Crippen molar-refractivity contribution in [1.82, 2.24) is 0 Å². The van der Waals surface area contributed by atoms with Crippen LogP contribution < -0.4 is 10.1 Å². The number of nitrogens with one attached hydrogen (secondary N) is 1. The van der Waals surface area contributed by atoms with Gasteiger partial charge in [-0.15, -0.1) is 0 Å². The summed E-state index contributed by atoms with van der Waals surface area (Å²) >= 11 is 12.6. The second-order valence-corrected chi connectivity index (χ2v) is 7.19. The highest BCUT2D eigenvalue weighted by atomic mass is 35.5. The molecule has 25 heavy (non-hydrogen) atoms. The van der Waals surface area contributed by atoms with E-state index in [9.17, 15) is 4.79 Å².